The molecule has 25 heavy (non-hydrogen) atoms. The van der Waals surface area contributed by atoms with Crippen LogP contribution in [0.5, 0.6) is 0 Å². The molecule has 1 atom stereocenters. The summed E-state index contributed by atoms with van der Waals surface area (Å²) in [5.41, 5.74) is 1.72. The zero-order valence-electron chi connectivity index (χ0n) is 14.0. The number of nitrogens with one attached hydrogen (secondary N) is 1. The number of quaternary nitrogens is 1. The molecule has 0 bridgehead atoms. The molecule has 3 aromatic rings. The first-order chi connectivity index (χ1) is 11.9. The third kappa shape index (κ3) is 4.00. The van der Waals surface area contributed by atoms with E-state index in [1.807, 2.05) is 20.2 Å². The maximum atomic E-state index is 13.3. The Morgan fingerprint density at radius 3 is 2.48 bits per heavy atom. The van der Waals surface area contributed by atoms with Crippen molar-refractivity contribution in [2.75, 3.05) is 7.05 Å². The third-order valence-corrected chi connectivity index (χ3v) is 4.44. The molecule has 1 heterocycles. The van der Waals surface area contributed by atoms with Crippen molar-refractivity contribution < 1.29 is 13.7 Å². The summed E-state index contributed by atoms with van der Waals surface area (Å²) in [6, 6.07) is 12.7. The fraction of sp³-hybridized carbons (Fsp3) is 0.222. The standard InChI is InChI=1S/C18H18F2N4S/c1-22(11-13-4-3-5-16(20)10-13)12-24-18(25)23(2)17(21-24)14-6-8-15(19)9-7-14/h3-10H,11-12H2,1-2H3/p+1. The summed E-state index contributed by atoms with van der Waals surface area (Å²) in [4.78, 5) is 1.12. The van der Waals surface area contributed by atoms with Crippen LogP contribution in [0, 0.1) is 16.4 Å². The second-order valence-corrected chi connectivity index (χ2v) is 6.46. The van der Waals surface area contributed by atoms with Gasteiger partial charge in [0.25, 0.3) is 0 Å². The predicted octanol–water partition coefficient (Wildman–Crippen LogP) is 2.57. The first-order valence-corrected chi connectivity index (χ1v) is 8.30. The van der Waals surface area contributed by atoms with Crippen LogP contribution in [0.2, 0.25) is 0 Å². The summed E-state index contributed by atoms with van der Waals surface area (Å²) < 4.78 is 30.5. The highest BCUT2D eigenvalue weighted by molar-refractivity contribution is 7.71. The molecule has 0 amide bonds. The first kappa shape index (κ1) is 17.4. The fourth-order valence-electron chi connectivity index (χ4n) is 2.75. The lowest BCUT2D eigenvalue weighted by Gasteiger charge is -2.13. The molecule has 1 aromatic heterocycles. The molecule has 7 heteroatoms. The van der Waals surface area contributed by atoms with Crippen LogP contribution in [0.4, 0.5) is 8.78 Å². The quantitative estimate of drug-likeness (QED) is 0.707. The van der Waals surface area contributed by atoms with E-state index in [9.17, 15) is 8.78 Å². The van der Waals surface area contributed by atoms with E-state index < -0.39 is 0 Å². The average Bonchev–Trinajstić information content (AvgIpc) is 2.84. The largest absolute Gasteiger partial charge is 0.315 e. The maximum absolute atomic E-state index is 13.3. The molecule has 0 aliphatic carbocycles. The monoisotopic (exact) mass is 361 g/mol. The molecule has 0 aliphatic heterocycles. The molecule has 4 nitrogen and oxygen atoms in total. The minimum Gasteiger partial charge on any atom is -0.315 e. The lowest BCUT2D eigenvalue weighted by molar-refractivity contribution is -0.917. The van der Waals surface area contributed by atoms with Gasteiger partial charge in [-0.1, -0.05) is 12.1 Å². The molecule has 0 spiro atoms. The lowest BCUT2D eigenvalue weighted by atomic mass is 10.2. The van der Waals surface area contributed by atoms with Crippen molar-refractivity contribution >= 4 is 12.2 Å². The van der Waals surface area contributed by atoms with E-state index >= 15 is 0 Å². The van der Waals surface area contributed by atoms with Crippen LogP contribution in [0.25, 0.3) is 11.4 Å². The molecule has 0 saturated heterocycles. The molecule has 1 N–H and O–H groups in total. The van der Waals surface area contributed by atoms with E-state index in [4.69, 9.17) is 12.2 Å². The normalized spacial score (nSPS) is 12.3. The van der Waals surface area contributed by atoms with E-state index in [1.165, 1.54) is 24.3 Å². The lowest BCUT2D eigenvalue weighted by Crippen LogP contribution is -3.07. The van der Waals surface area contributed by atoms with Gasteiger partial charge in [0.05, 0.1) is 7.05 Å². The van der Waals surface area contributed by atoms with Crippen molar-refractivity contribution in [3.05, 3.63) is 70.5 Å². The number of halogens is 2. The summed E-state index contributed by atoms with van der Waals surface area (Å²) in [5.74, 6) is 0.158. The number of nitrogens with zero attached hydrogens (tertiary/aromatic N) is 3. The number of hydrogen-bond acceptors (Lipinski definition) is 2. The van der Waals surface area contributed by atoms with Crippen LogP contribution in [-0.4, -0.2) is 21.4 Å². The van der Waals surface area contributed by atoms with E-state index in [0.29, 0.717) is 23.8 Å². The highest BCUT2D eigenvalue weighted by Gasteiger charge is 2.13. The average molecular weight is 361 g/mol. The second kappa shape index (κ2) is 7.25. The van der Waals surface area contributed by atoms with Crippen LogP contribution < -0.4 is 4.90 Å². The van der Waals surface area contributed by atoms with Gasteiger partial charge in [0, 0.05) is 18.2 Å². The van der Waals surface area contributed by atoms with E-state index in [-0.39, 0.29) is 11.6 Å². The van der Waals surface area contributed by atoms with Crippen molar-refractivity contribution in [1.82, 2.24) is 14.3 Å². The Bertz CT molecular complexity index is 931. The first-order valence-electron chi connectivity index (χ1n) is 7.89. The number of rotatable bonds is 5. The molecule has 0 fully saturated rings. The minimum absolute atomic E-state index is 0.238. The molecule has 0 radical (unpaired) electrons. The van der Waals surface area contributed by atoms with Gasteiger partial charge in [0.2, 0.25) is 4.77 Å². The minimum atomic E-state index is -0.288. The van der Waals surface area contributed by atoms with Crippen molar-refractivity contribution in [2.24, 2.45) is 7.05 Å². The van der Waals surface area contributed by atoms with E-state index in [0.717, 1.165) is 16.0 Å². The summed E-state index contributed by atoms with van der Waals surface area (Å²) in [5, 5.41) is 4.57. The molecule has 3 rings (SSSR count). The third-order valence-electron chi connectivity index (χ3n) is 3.96. The highest BCUT2D eigenvalue weighted by atomic mass is 32.1. The molecule has 0 saturated carbocycles. The Morgan fingerprint density at radius 2 is 1.80 bits per heavy atom. The number of aromatic nitrogens is 3. The number of hydrogen-bond donors (Lipinski definition) is 1. The van der Waals surface area contributed by atoms with E-state index in [1.54, 1.807) is 27.4 Å². The summed E-state index contributed by atoms with van der Waals surface area (Å²) in [6.07, 6.45) is 0. The Balaban J connectivity index is 1.80. The van der Waals surface area contributed by atoms with Crippen molar-refractivity contribution in [1.29, 1.82) is 0 Å². The molecule has 2 aromatic carbocycles. The van der Waals surface area contributed by atoms with Gasteiger partial charge in [0.15, 0.2) is 12.5 Å². The fourth-order valence-corrected chi connectivity index (χ4v) is 2.94. The van der Waals surface area contributed by atoms with Crippen molar-refractivity contribution in [3.63, 3.8) is 0 Å². The van der Waals surface area contributed by atoms with Crippen molar-refractivity contribution in [3.8, 4) is 11.4 Å². The van der Waals surface area contributed by atoms with Gasteiger partial charge in [-0.15, -0.1) is 5.10 Å². The predicted molar refractivity (Wildman–Crippen MR) is 94.4 cm³/mol. The van der Waals surface area contributed by atoms with Crippen LogP contribution in [0.3, 0.4) is 0 Å². The van der Waals surface area contributed by atoms with Gasteiger partial charge in [-0.25, -0.2) is 8.78 Å². The van der Waals surface area contributed by atoms with Gasteiger partial charge in [-0.05, 0) is 48.6 Å². The van der Waals surface area contributed by atoms with Gasteiger partial charge in [-0.2, -0.15) is 4.68 Å². The molecular formula is C18H19F2N4S+. The van der Waals surface area contributed by atoms with Crippen LogP contribution >= 0.6 is 12.2 Å². The van der Waals surface area contributed by atoms with Gasteiger partial charge in [0.1, 0.15) is 18.2 Å². The SMILES string of the molecule is Cn1c(-c2ccc(F)cc2)nn(C[NH+](C)Cc2cccc(F)c2)c1=S. The molecular weight excluding hydrogens is 342 g/mol. The maximum Gasteiger partial charge on any atom is 0.202 e. The van der Waals surface area contributed by atoms with Crippen LogP contribution in [0.15, 0.2) is 48.5 Å². The van der Waals surface area contributed by atoms with E-state index in [2.05, 4.69) is 5.10 Å². The Labute approximate surface area is 149 Å². The van der Waals surface area contributed by atoms with Crippen molar-refractivity contribution in [2.45, 2.75) is 13.2 Å². The van der Waals surface area contributed by atoms with Crippen LogP contribution in [0.1, 0.15) is 5.56 Å². The summed E-state index contributed by atoms with van der Waals surface area (Å²) in [7, 11) is 3.84. The Hall–Kier alpha value is -2.38. The molecule has 1 unspecified atom stereocenters. The molecule has 0 aliphatic rings. The van der Waals surface area contributed by atoms with Gasteiger partial charge >= 0.3 is 0 Å². The summed E-state index contributed by atoms with van der Waals surface area (Å²) >= 11 is 5.46. The molecule has 130 valence electrons. The summed E-state index contributed by atoms with van der Waals surface area (Å²) in [6.45, 7) is 1.20. The van der Waals surface area contributed by atoms with Gasteiger partial charge in [-0.3, -0.25) is 0 Å². The second-order valence-electron chi connectivity index (χ2n) is 6.09. The Kier molecular flexibility index (Phi) is 5.06. The number of benzene rings is 2. The van der Waals surface area contributed by atoms with Gasteiger partial charge < -0.3 is 9.47 Å². The Morgan fingerprint density at radius 1 is 1.08 bits per heavy atom. The highest BCUT2D eigenvalue weighted by Crippen LogP contribution is 2.17. The van der Waals surface area contributed by atoms with Crippen LogP contribution in [-0.2, 0) is 20.3 Å². The topological polar surface area (TPSA) is 27.2 Å². The smallest absolute Gasteiger partial charge is 0.202 e. The zero-order chi connectivity index (χ0) is 18.0. The zero-order valence-corrected chi connectivity index (χ0v) is 14.9.